The summed E-state index contributed by atoms with van der Waals surface area (Å²) < 4.78 is 27.3. The molecule has 0 radical (unpaired) electrons. The quantitative estimate of drug-likeness (QED) is 0.200. The van der Waals surface area contributed by atoms with Crippen molar-refractivity contribution in [3.63, 3.8) is 0 Å². The van der Waals surface area contributed by atoms with Gasteiger partial charge in [-0.25, -0.2) is 0 Å². The molecule has 0 bridgehead atoms. The van der Waals surface area contributed by atoms with Gasteiger partial charge in [0.25, 0.3) is 11.8 Å². The van der Waals surface area contributed by atoms with Crippen LogP contribution in [0.4, 0.5) is 15.5 Å². The van der Waals surface area contributed by atoms with E-state index >= 15 is 4.11 Å². The minimum Gasteiger partial charge on any atom is -0.396 e. The van der Waals surface area contributed by atoms with Crippen molar-refractivity contribution < 1.29 is 48.7 Å². The number of nitrogens with zero attached hydrogens (tertiary/aromatic N) is 1. The number of hydrogen-bond donors (Lipinski definition) is 6. The Bertz CT molecular complexity index is 1330. The van der Waals surface area contributed by atoms with E-state index in [1.165, 1.54) is 0 Å². The van der Waals surface area contributed by atoms with E-state index in [1.807, 2.05) is 30.3 Å². The van der Waals surface area contributed by atoms with Crippen LogP contribution < -0.4 is 10.2 Å². The Morgan fingerprint density at radius 3 is 2.40 bits per heavy atom. The largest absolute Gasteiger partial charge is 0.396 e. The second-order valence-corrected chi connectivity index (χ2v) is 15.6. The minimum atomic E-state index is -3.41. The van der Waals surface area contributed by atoms with Crippen molar-refractivity contribution in [3.8, 4) is 0 Å². The van der Waals surface area contributed by atoms with E-state index < -0.39 is 68.2 Å². The van der Waals surface area contributed by atoms with Crippen LogP contribution in [0, 0.1) is 5.92 Å². The van der Waals surface area contributed by atoms with Gasteiger partial charge in [0.1, 0.15) is 18.3 Å². The number of aliphatic hydroxyl groups excluding tert-OH is 5. The van der Waals surface area contributed by atoms with Gasteiger partial charge in [-0.3, -0.25) is 9.59 Å². The van der Waals surface area contributed by atoms with Crippen LogP contribution in [0.2, 0.25) is 18.6 Å². The molecule has 0 unspecified atom stereocenters. The van der Waals surface area contributed by atoms with Gasteiger partial charge in [-0.1, -0.05) is 37.3 Å². The number of anilines is 2. The fraction of sp³-hybridized carbons (Fsp3) is 0.517. The lowest BCUT2D eigenvalue weighted by molar-refractivity contribution is -0.274. The zero-order valence-electron chi connectivity index (χ0n) is 23.6. The molecule has 3 heterocycles. The molecule has 0 saturated carbocycles. The molecule has 2 saturated heterocycles. The number of aliphatic hydroxyl groups is 5. The zero-order chi connectivity index (χ0) is 30.6. The standard InChI is InChI=1S/C29H37FN2O9Si/c1-15-25(42(2,3)30)20(11-12-33)41-29(15)18-13-17(31-26(37)24-22(35)21(34)23(36)27(38)40-24)9-10-19(18)32(28(29)39)14-16-7-5-4-6-8-16/h4-10,13,15,20-25,27,33-36,38H,11-12,14H2,1-3H3,(H,31,37)/t15-,20+,21-,22-,23+,24-,25-,27+,29+/m0/s1. The van der Waals surface area contributed by atoms with Crippen molar-refractivity contribution in [1.29, 1.82) is 0 Å². The molecule has 11 nitrogen and oxygen atoms in total. The molecule has 3 aliphatic heterocycles. The second-order valence-electron chi connectivity index (χ2n) is 11.8. The van der Waals surface area contributed by atoms with Crippen molar-refractivity contribution >= 4 is 31.6 Å². The van der Waals surface area contributed by atoms with Crippen LogP contribution in [0.3, 0.4) is 0 Å². The molecule has 5 rings (SSSR count). The summed E-state index contributed by atoms with van der Waals surface area (Å²) >= 11 is 0. The van der Waals surface area contributed by atoms with Gasteiger partial charge in [0.15, 0.2) is 18.0 Å². The summed E-state index contributed by atoms with van der Waals surface area (Å²) in [5.74, 6) is -1.87. The SMILES string of the molecule is C[C@H]1[C@H]([Si](C)(C)F)[C@@H](CCO)O[C@]12C(=O)N(Cc1ccccc1)c1ccc(NC(=O)[C@H]3O[C@@H](O)[C@H](O)[C@@H](O)[C@@H]3O)cc12. The zero-order valence-corrected chi connectivity index (χ0v) is 24.6. The summed E-state index contributed by atoms with van der Waals surface area (Å²) in [5, 5.41) is 52.3. The van der Waals surface area contributed by atoms with Crippen molar-refractivity contribution in [2.24, 2.45) is 5.92 Å². The molecule has 42 heavy (non-hydrogen) atoms. The van der Waals surface area contributed by atoms with E-state index in [0.29, 0.717) is 11.3 Å². The lowest BCUT2D eigenvalue weighted by Crippen LogP contribution is -2.60. The van der Waals surface area contributed by atoms with Gasteiger partial charge >= 0.3 is 0 Å². The van der Waals surface area contributed by atoms with Gasteiger partial charge < -0.3 is 49.3 Å². The van der Waals surface area contributed by atoms with Crippen LogP contribution >= 0.6 is 0 Å². The van der Waals surface area contributed by atoms with Gasteiger partial charge in [0.05, 0.1) is 18.3 Å². The minimum absolute atomic E-state index is 0.155. The normalized spacial score (nSPS) is 34.6. The maximum Gasteiger partial charge on any atom is 0.264 e. The van der Waals surface area contributed by atoms with Crippen molar-refractivity contribution in [3.05, 3.63) is 59.7 Å². The highest BCUT2D eigenvalue weighted by atomic mass is 28.4. The topological polar surface area (TPSA) is 169 Å². The molecule has 0 aliphatic carbocycles. The first-order valence-electron chi connectivity index (χ1n) is 14.0. The van der Waals surface area contributed by atoms with Crippen LogP contribution in [-0.4, -0.2) is 89.2 Å². The molecule has 2 aromatic rings. The highest BCUT2D eigenvalue weighted by Gasteiger charge is 2.66. The van der Waals surface area contributed by atoms with E-state index in [9.17, 15) is 35.1 Å². The third kappa shape index (κ3) is 5.07. The maximum absolute atomic E-state index is 15.8. The summed E-state index contributed by atoms with van der Waals surface area (Å²) in [4.78, 5) is 29.0. The number of carbonyl (C=O) groups is 2. The molecular formula is C29H37FN2O9Si. The van der Waals surface area contributed by atoms with Gasteiger partial charge in [0, 0.05) is 29.3 Å². The van der Waals surface area contributed by atoms with E-state index in [2.05, 4.69) is 5.32 Å². The van der Waals surface area contributed by atoms with E-state index in [0.717, 1.165) is 5.56 Å². The average Bonchev–Trinajstić information content (AvgIpc) is 3.36. The van der Waals surface area contributed by atoms with E-state index in [4.69, 9.17) is 9.47 Å². The smallest absolute Gasteiger partial charge is 0.264 e. The molecular weight excluding hydrogens is 567 g/mol. The number of rotatable bonds is 7. The van der Waals surface area contributed by atoms with Crippen LogP contribution in [0.15, 0.2) is 48.5 Å². The van der Waals surface area contributed by atoms with Crippen LogP contribution in [0.5, 0.6) is 0 Å². The Labute approximate surface area is 243 Å². The van der Waals surface area contributed by atoms with Crippen LogP contribution in [0.25, 0.3) is 0 Å². The predicted octanol–water partition coefficient (Wildman–Crippen LogP) is 1.13. The molecule has 9 atom stereocenters. The second kappa shape index (κ2) is 11.4. The maximum atomic E-state index is 15.8. The number of fused-ring (bicyclic) bond motifs is 2. The number of ether oxygens (including phenoxy) is 2. The first kappa shape index (κ1) is 30.7. The van der Waals surface area contributed by atoms with Crippen molar-refractivity contribution in [1.82, 2.24) is 0 Å². The highest BCUT2D eigenvalue weighted by molar-refractivity contribution is 6.72. The molecule has 6 N–H and O–H groups in total. The third-order valence-corrected chi connectivity index (χ3v) is 11.1. The Morgan fingerprint density at radius 1 is 1.07 bits per heavy atom. The van der Waals surface area contributed by atoms with Crippen LogP contribution in [-0.2, 0) is 31.2 Å². The molecule has 228 valence electrons. The Hall–Kier alpha value is -2.75. The van der Waals surface area contributed by atoms with E-state index in [-0.39, 0.29) is 31.2 Å². The van der Waals surface area contributed by atoms with Gasteiger partial charge in [-0.05, 0) is 43.3 Å². The fourth-order valence-electron chi connectivity index (χ4n) is 6.74. The Balaban J connectivity index is 1.54. The number of hydrogen-bond acceptors (Lipinski definition) is 9. The fourth-order valence-corrected chi connectivity index (χ4v) is 9.28. The molecule has 2 amide bonds. The summed E-state index contributed by atoms with van der Waals surface area (Å²) in [6.45, 7) is 4.90. The first-order chi connectivity index (χ1) is 19.8. The summed E-state index contributed by atoms with van der Waals surface area (Å²) in [6, 6.07) is 14.1. The molecule has 0 aromatic heterocycles. The van der Waals surface area contributed by atoms with Crippen LogP contribution in [0.1, 0.15) is 24.5 Å². The molecule has 2 aromatic carbocycles. The summed E-state index contributed by atoms with van der Waals surface area (Å²) in [6.07, 6.45) is -9.58. The van der Waals surface area contributed by atoms with Gasteiger partial charge in [-0.2, -0.15) is 0 Å². The van der Waals surface area contributed by atoms with Crippen molar-refractivity contribution in [2.45, 2.75) is 80.9 Å². The average molecular weight is 605 g/mol. The summed E-state index contributed by atoms with van der Waals surface area (Å²) in [7, 11) is -3.41. The van der Waals surface area contributed by atoms with Crippen molar-refractivity contribution in [2.75, 3.05) is 16.8 Å². The first-order valence-corrected chi connectivity index (χ1v) is 16.9. The van der Waals surface area contributed by atoms with Gasteiger partial charge in [-0.15, -0.1) is 0 Å². The Morgan fingerprint density at radius 2 is 1.76 bits per heavy atom. The number of amides is 2. The molecule has 13 heteroatoms. The molecule has 3 aliphatic rings. The number of carbonyl (C=O) groups excluding carboxylic acids is 2. The number of halogens is 1. The van der Waals surface area contributed by atoms with Gasteiger partial charge in [0.2, 0.25) is 8.41 Å². The monoisotopic (exact) mass is 604 g/mol. The third-order valence-electron chi connectivity index (χ3n) is 8.67. The number of nitrogens with one attached hydrogen (secondary N) is 1. The highest BCUT2D eigenvalue weighted by Crippen LogP contribution is 2.60. The summed E-state index contributed by atoms with van der Waals surface area (Å²) in [5.41, 5.74) is -0.160. The Kier molecular flexibility index (Phi) is 8.33. The number of benzene rings is 2. The lowest BCUT2D eigenvalue weighted by Gasteiger charge is -2.37. The molecule has 1 spiro atoms. The van der Waals surface area contributed by atoms with E-state index in [1.54, 1.807) is 43.1 Å². The lowest BCUT2D eigenvalue weighted by atomic mass is 9.82. The predicted molar refractivity (Wildman–Crippen MR) is 151 cm³/mol. The molecule has 2 fully saturated rings.